The van der Waals surface area contributed by atoms with Crippen LogP contribution in [0.15, 0.2) is 18.2 Å². The molecule has 1 aromatic carbocycles. The highest BCUT2D eigenvalue weighted by Gasteiger charge is 2.22. The van der Waals surface area contributed by atoms with Crippen LogP contribution in [0.25, 0.3) is 0 Å². The lowest BCUT2D eigenvalue weighted by atomic mass is 9.91. The lowest BCUT2D eigenvalue weighted by molar-refractivity contribution is 0.0470. The summed E-state index contributed by atoms with van der Waals surface area (Å²) in [5, 5.41) is 11.1. The largest absolute Gasteiger partial charge is 0.385 e. The van der Waals surface area contributed by atoms with E-state index in [4.69, 9.17) is 23.2 Å². The van der Waals surface area contributed by atoms with Crippen LogP contribution in [0.1, 0.15) is 32.3 Å². The third-order valence-electron chi connectivity index (χ3n) is 2.28. The number of hydrogen-bond acceptors (Lipinski definition) is 1. The Morgan fingerprint density at radius 1 is 1.29 bits per heavy atom. The van der Waals surface area contributed by atoms with Crippen molar-refractivity contribution in [1.29, 1.82) is 0 Å². The highest BCUT2D eigenvalue weighted by atomic mass is 35.5. The molecular weight excluding hydrogens is 219 g/mol. The fraction of sp³-hybridized carbons (Fsp3) is 0.455. The van der Waals surface area contributed by atoms with E-state index in [9.17, 15) is 5.11 Å². The van der Waals surface area contributed by atoms with Crippen LogP contribution in [-0.2, 0) is 5.60 Å². The molecule has 0 heterocycles. The zero-order valence-corrected chi connectivity index (χ0v) is 9.86. The van der Waals surface area contributed by atoms with E-state index in [1.807, 2.05) is 13.0 Å². The zero-order chi connectivity index (χ0) is 10.8. The van der Waals surface area contributed by atoms with Gasteiger partial charge in [-0.3, -0.25) is 0 Å². The molecule has 1 rings (SSSR count). The molecule has 0 amide bonds. The minimum atomic E-state index is -0.816. The van der Waals surface area contributed by atoms with Gasteiger partial charge in [0.1, 0.15) is 0 Å². The van der Waals surface area contributed by atoms with Gasteiger partial charge in [-0.2, -0.15) is 0 Å². The predicted molar refractivity (Wildman–Crippen MR) is 60.9 cm³/mol. The van der Waals surface area contributed by atoms with E-state index in [0.717, 1.165) is 12.0 Å². The Bertz CT molecular complexity index is 321. The van der Waals surface area contributed by atoms with Crippen molar-refractivity contribution in [2.24, 2.45) is 0 Å². The molecule has 0 unspecified atom stereocenters. The lowest BCUT2D eigenvalue weighted by Crippen LogP contribution is -2.20. The molecule has 0 radical (unpaired) electrons. The minimum absolute atomic E-state index is 0.487. The molecule has 78 valence electrons. The normalized spacial score (nSPS) is 15.2. The molecule has 0 aliphatic heterocycles. The summed E-state index contributed by atoms with van der Waals surface area (Å²) in [7, 11) is 0. The zero-order valence-electron chi connectivity index (χ0n) is 8.35. The van der Waals surface area contributed by atoms with Crippen LogP contribution in [0.2, 0.25) is 10.0 Å². The molecule has 1 N–H and O–H groups in total. The summed E-state index contributed by atoms with van der Waals surface area (Å²) in [6.45, 7) is 3.82. The molecule has 14 heavy (non-hydrogen) atoms. The van der Waals surface area contributed by atoms with Crippen LogP contribution in [0.4, 0.5) is 0 Å². The van der Waals surface area contributed by atoms with Crippen molar-refractivity contribution in [2.45, 2.75) is 32.3 Å². The lowest BCUT2D eigenvalue weighted by Gasteiger charge is -2.23. The third-order valence-corrected chi connectivity index (χ3v) is 3.02. The fourth-order valence-electron chi connectivity index (χ4n) is 1.46. The molecule has 0 bridgehead atoms. The highest BCUT2D eigenvalue weighted by molar-refractivity contribution is 6.42. The fourth-order valence-corrected chi connectivity index (χ4v) is 1.76. The maximum atomic E-state index is 10.1. The van der Waals surface area contributed by atoms with E-state index >= 15 is 0 Å². The standard InChI is InChI=1S/C11H14Cl2O/c1-3-6-11(2,14)8-4-5-9(12)10(13)7-8/h4-5,7,14H,3,6H2,1-2H3/t11-/m0/s1. The topological polar surface area (TPSA) is 20.2 Å². The van der Waals surface area contributed by atoms with Crippen molar-refractivity contribution in [3.8, 4) is 0 Å². The first-order valence-corrected chi connectivity index (χ1v) is 5.41. The van der Waals surface area contributed by atoms with E-state index in [1.165, 1.54) is 0 Å². The summed E-state index contributed by atoms with van der Waals surface area (Å²) in [5.74, 6) is 0. The van der Waals surface area contributed by atoms with E-state index in [1.54, 1.807) is 19.1 Å². The van der Waals surface area contributed by atoms with Gasteiger partial charge in [0.25, 0.3) is 0 Å². The average molecular weight is 233 g/mol. The van der Waals surface area contributed by atoms with Gasteiger partial charge in [-0.25, -0.2) is 0 Å². The monoisotopic (exact) mass is 232 g/mol. The Balaban J connectivity index is 3.01. The minimum Gasteiger partial charge on any atom is -0.385 e. The first-order valence-electron chi connectivity index (χ1n) is 4.65. The molecule has 1 atom stereocenters. The summed E-state index contributed by atoms with van der Waals surface area (Å²) in [6.07, 6.45) is 1.64. The van der Waals surface area contributed by atoms with Crippen molar-refractivity contribution in [2.75, 3.05) is 0 Å². The van der Waals surface area contributed by atoms with Crippen molar-refractivity contribution in [1.82, 2.24) is 0 Å². The SMILES string of the molecule is CCC[C@](C)(O)c1ccc(Cl)c(Cl)c1. The quantitative estimate of drug-likeness (QED) is 0.836. The Kier molecular flexibility index (Phi) is 3.82. The van der Waals surface area contributed by atoms with Gasteiger partial charge in [0, 0.05) is 0 Å². The second-order valence-electron chi connectivity index (χ2n) is 3.65. The molecule has 1 aromatic rings. The average Bonchev–Trinajstić information content (AvgIpc) is 2.09. The van der Waals surface area contributed by atoms with Gasteiger partial charge in [0.05, 0.1) is 15.6 Å². The second-order valence-corrected chi connectivity index (χ2v) is 4.47. The first-order chi connectivity index (χ1) is 6.47. The summed E-state index contributed by atoms with van der Waals surface area (Å²) in [4.78, 5) is 0. The Morgan fingerprint density at radius 2 is 1.93 bits per heavy atom. The van der Waals surface area contributed by atoms with Crippen molar-refractivity contribution >= 4 is 23.2 Å². The van der Waals surface area contributed by atoms with Gasteiger partial charge in [0.2, 0.25) is 0 Å². The van der Waals surface area contributed by atoms with Gasteiger partial charge >= 0.3 is 0 Å². The number of benzene rings is 1. The third kappa shape index (κ3) is 2.63. The first kappa shape index (κ1) is 11.8. The van der Waals surface area contributed by atoms with Gasteiger partial charge < -0.3 is 5.11 Å². The molecule has 1 nitrogen and oxygen atoms in total. The van der Waals surface area contributed by atoms with Crippen LogP contribution in [0.3, 0.4) is 0 Å². The predicted octanol–water partition coefficient (Wildman–Crippen LogP) is 4.00. The van der Waals surface area contributed by atoms with Crippen LogP contribution in [0.5, 0.6) is 0 Å². The summed E-state index contributed by atoms with van der Waals surface area (Å²) < 4.78 is 0. The maximum Gasteiger partial charge on any atom is 0.0869 e. The number of rotatable bonds is 3. The van der Waals surface area contributed by atoms with Crippen LogP contribution >= 0.6 is 23.2 Å². The molecule has 0 aliphatic rings. The maximum absolute atomic E-state index is 10.1. The van der Waals surface area contributed by atoms with E-state index in [0.29, 0.717) is 16.5 Å². The Labute approximate surface area is 94.7 Å². The molecule has 0 fully saturated rings. The molecular formula is C11H14Cl2O. The van der Waals surface area contributed by atoms with Gasteiger partial charge in [-0.1, -0.05) is 42.6 Å². The second kappa shape index (κ2) is 4.52. The van der Waals surface area contributed by atoms with Gasteiger partial charge in [-0.15, -0.1) is 0 Å². The molecule has 0 aliphatic carbocycles. The molecule has 0 saturated carbocycles. The van der Waals surface area contributed by atoms with Crippen LogP contribution in [-0.4, -0.2) is 5.11 Å². The van der Waals surface area contributed by atoms with Crippen LogP contribution < -0.4 is 0 Å². The van der Waals surface area contributed by atoms with Crippen molar-refractivity contribution in [3.63, 3.8) is 0 Å². The van der Waals surface area contributed by atoms with Gasteiger partial charge in [-0.05, 0) is 31.0 Å². The number of hydrogen-bond donors (Lipinski definition) is 1. The molecule has 3 heteroatoms. The number of halogens is 2. The van der Waals surface area contributed by atoms with Crippen LogP contribution in [0, 0.1) is 0 Å². The smallest absolute Gasteiger partial charge is 0.0869 e. The van der Waals surface area contributed by atoms with Gasteiger partial charge in [0.15, 0.2) is 0 Å². The molecule has 0 saturated heterocycles. The summed E-state index contributed by atoms with van der Waals surface area (Å²) in [6, 6.07) is 5.24. The van der Waals surface area contributed by atoms with E-state index in [2.05, 4.69) is 0 Å². The van der Waals surface area contributed by atoms with E-state index < -0.39 is 5.60 Å². The highest BCUT2D eigenvalue weighted by Crippen LogP contribution is 2.31. The number of aliphatic hydroxyl groups is 1. The molecule has 0 spiro atoms. The van der Waals surface area contributed by atoms with E-state index in [-0.39, 0.29) is 0 Å². The summed E-state index contributed by atoms with van der Waals surface area (Å²) >= 11 is 11.7. The molecule has 0 aromatic heterocycles. The summed E-state index contributed by atoms with van der Waals surface area (Å²) in [5.41, 5.74) is -0.00283. The van der Waals surface area contributed by atoms with Crippen molar-refractivity contribution < 1.29 is 5.11 Å². The Hall–Kier alpha value is -0.240. The van der Waals surface area contributed by atoms with Crippen molar-refractivity contribution in [3.05, 3.63) is 33.8 Å². The Morgan fingerprint density at radius 3 is 2.43 bits per heavy atom.